The van der Waals surface area contributed by atoms with Gasteiger partial charge in [0.15, 0.2) is 0 Å². The van der Waals surface area contributed by atoms with Gasteiger partial charge in [0.25, 0.3) is 0 Å². The molecule has 72 valence electrons. The van der Waals surface area contributed by atoms with Crippen LogP contribution in [-0.2, 0) is 17.4 Å². The van der Waals surface area contributed by atoms with Crippen LogP contribution in [0.3, 0.4) is 0 Å². The normalized spacial score (nSPS) is 12.5. The van der Waals surface area contributed by atoms with E-state index in [0.717, 1.165) is 11.3 Å². The lowest BCUT2D eigenvalue weighted by atomic mass is 10.1. The summed E-state index contributed by atoms with van der Waals surface area (Å²) in [5.74, 6) is 0. The van der Waals surface area contributed by atoms with Crippen LogP contribution in [0.25, 0.3) is 0 Å². The topological polar surface area (TPSA) is 49.3 Å². The average Bonchev–Trinajstić information content (AvgIpc) is 2.08. The lowest BCUT2D eigenvalue weighted by molar-refractivity contribution is 0.299. The molecule has 1 unspecified atom stereocenters. The zero-order chi connectivity index (χ0) is 9.68. The Morgan fingerprint density at radius 1 is 1.38 bits per heavy atom. The summed E-state index contributed by atoms with van der Waals surface area (Å²) in [6.07, 6.45) is 2.25. The van der Waals surface area contributed by atoms with E-state index in [1.807, 2.05) is 24.3 Å². The van der Waals surface area contributed by atoms with Gasteiger partial charge in [-0.1, -0.05) is 12.1 Å². The third kappa shape index (κ3) is 3.57. The molecule has 0 saturated carbocycles. The highest BCUT2D eigenvalue weighted by Crippen LogP contribution is 2.09. The second-order valence-corrected chi connectivity index (χ2v) is 3.84. The Morgan fingerprint density at radius 2 is 2.00 bits per heavy atom. The Balaban J connectivity index is 2.64. The van der Waals surface area contributed by atoms with E-state index in [2.05, 4.69) is 4.72 Å². The SMILES string of the molecule is CS(=O)Nc1ccc(CCO)cc1. The summed E-state index contributed by atoms with van der Waals surface area (Å²) in [6, 6.07) is 7.52. The molecule has 4 heteroatoms. The van der Waals surface area contributed by atoms with E-state index >= 15 is 0 Å². The minimum absolute atomic E-state index is 0.159. The number of aliphatic hydroxyl groups is 1. The molecule has 0 amide bonds. The molecule has 0 aromatic heterocycles. The monoisotopic (exact) mass is 199 g/mol. The van der Waals surface area contributed by atoms with Gasteiger partial charge in [0.1, 0.15) is 11.0 Å². The summed E-state index contributed by atoms with van der Waals surface area (Å²) in [6.45, 7) is 0.159. The maximum Gasteiger partial charge on any atom is 0.113 e. The number of anilines is 1. The molecule has 0 aliphatic carbocycles. The molecule has 0 heterocycles. The molecule has 2 N–H and O–H groups in total. The van der Waals surface area contributed by atoms with Gasteiger partial charge in [0.2, 0.25) is 0 Å². The standard InChI is InChI=1S/C9H13NO2S/c1-13(12)10-9-4-2-8(3-5-9)6-7-11/h2-5,10-11H,6-7H2,1H3. The van der Waals surface area contributed by atoms with Crippen molar-refractivity contribution < 1.29 is 9.32 Å². The number of benzene rings is 1. The zero-order valence-corrected chi connectivity index (χ0v) is 8.30. The molecule has 0 aliphatic rings. The van der Waals surface area contributed by atoms with Crippen LogP contribution in [0.5, 0.6) is 0 Å². The number of aliphatic hydroxyl groups excluding tert-OH is 1. The third-order valence-corrected chi connectivity index (χ3v) is 2.14. The summed E-state index contributed by atoms with van der Waals surface area (Å²) < 4.78 is 13.6. The minimum Gasteiger partial charge on any atom is -0.396 e. The van der Waals surface area contributed by atoms with Crippen molar-refractivity contribution in [3.05, 3.63) is 29.8 Å². The van der Waals surface area contributed by atoms with E-state index in [0.29, 0.717) is 6.42 Å². The predicted molar refractivity (Wildman–Crippen MR) is 54.9 cm³/mol. The number of rotatable bonds is 4. The Kier molecular flexibility index (Phi) is 3.92. The van der Waals surface area contributed by atoms with Gasteiger partial charge in [-0.15, -0.1) is 0 Å². The highest BCUT2D eigenvalue weighted by molar-refractivity contribution is 7.85. The average molecular weight is 199 g/mol. The van der Waals surface area contributed by atoms with E-state index in [9.17, 15) is 4.21 Å². The summed E-state index contributed by atoms with van der Waals surface area (Å²) in [5.41, 5.74) is 1.91. The van der Waals surface area contributed by atoms with Gasteiger partial charge < -0.3 is 9.83 Å². The lowest BCUT2D eigenvalue weighted by Crippen LogP contribution is -2.01. The van der Waals surface area contributed by atoms with Crippen LogP contribution in [-0.4, -0.2) is 22.2 Å². The molecule has 13 heavy (non-hydrogen) atoms. The van der Waals surface area contributed by atoms with Gasteiger partial charge >= 0.3 is 0 Å². The largest absolute Gasteiger partial charge is 0.396 e. The zero-order valence-electron chi connectivity index (χ0n) is 7.49. The molecule has 0 spiro atoms. The maximum atomic E-state index is 10.8. The molecule has 0 radical (unpaired) electrons. The van der Waals surface area contributed by atoms with Crippen molar-refractivity contribution in [2.75, 3.05) is 17.6 Å². The summed E-state index contributed by atoms with van der Waals surface area (Å²) in [7, 11) is -1.03. The van der Waals surface area contributed by atoms with Crippen molar-refractivity contribution in [2.45, 2.75) is 6.42 Å². The highest BCUT2D eigenvalue weighted by atomic mass is 32.2. The molecular weight excluding hydrogens is 186 g/mol. The summed E-state index contributed by atoms with van der Waals surface area (Å²) in [5, 5.41) is 8.67. The third-order valence-electron chi connectivity index (χ3n) is 1.62. The Morgan fingerprint density at radius 3 is 2.46 bits per heavy atom. The minimum atomic E-state index is -1.03. The van der Waals surface area contributed by atoms with Crippen LogP contribution >= 0.6 is 0 Å². The Hall–Kier alpha value is -0.870. The molecule has 1 rings (SSSR count). The number of nitrogens with one attached hydrogen (secondary N) is 1. The first-order chi connectivity index (χ1) is 6.22. The second kappa shape index (κ2) is 4.99. The number of hydrogen-bond acceptors (Lipinski definition) is 2. The highest BCUT2D eigenvalue weighted by Gasteiger charge is 1.94. The molecule has 0 aliphatic heterocycles. The number of hydrogen-bond donors (Lipinski definition) is 2. The van der Waals surface area contributed by atoms with Gasteiger partial charge in [-0.3, -0.25) is 0 Å². The van der Waals surface area contributed by atoms with Gasteiger partial charge in [-0.2, -0.15) is 0 Å². The first-order valence-electron chi connectivity index (χ1n) is 4.02. The van der Waals surface area contributed by atoms with Gasteiger partial charge in [-0.25, -0.2) is 4.21 Å². The molecule has 0 fully saturated rings. The smallest absolute Gasteiger partial charge is 0.113 e. The quantitative estimate of drug-likeness (QED) is 0.757. The van der Waals surface area contributed by atoms with Crippen molar-refractivity contribution in [2.24, 2.45) is 0 Å². The van der Waals surface area contributed by atoms with Crippen molar-refractivity contribution in [3.8, 4) is 0 Å². The van der Waals surface area contributed by atoms with Crippen molar-refractivity contribution in [3.63, 3.8) is 0 Å². The summed E-state index contributed by atoms with van der Waals surface area (Å²) >= 11 is 0. The Labute approximate surface area is 80.4 Å². The fourth-order valence-corrected chi connectivity index (χ4v) is 1.50. The van der Waals surface area contributed by atoms with Crippen molar-refractivity contribution in [1.29, 1.82) is 0 Å². The van der Waals surface area contributed by atoms with E-state index < -0.39 is 11.0 Å². The van der Waals surface area contributed by atoms with E-state index in [1.165, 1.54) is 0 Å². The fraction of sp³-hybridized carbons (Fsp3) is 0.333. The fourth-order valence-electron chi connectivity index (χ4n) is 1.03. The van der Waals surface area contributed by atoms with E-state index in [-0.39, 0.29) is 6.61 Å². The van der Waals surface area contributed by atoms with Crippen LogP contribution in [0, 0.1) is 0 Å². The van der Waals surface area contributed by atoms with Crippen LogP contribution in [0.1, 0.15) is 5.56 Å². The van der Waals surface area contributed by atoms with E-state index in [1.54, 1.807) is 6.26 Å². The molecule has 1 aromatic rings. The van der Waals surface area contributed by atoms with E-state index in [4.69, 9.17) is 5.11 Å². The van der Waals surface area contributed by atoms with Crippen LogP contribution in [0.4, 0.5) is 5.69 Å². The van der Waals surface area contributed by atoms with Crippen molar-refractivity contribution >= 4 is 16.7 Å². The first kappa shape index (κ1) is 10.2. The molecule has 1 aromatic carbocycles. The molecule has 1 atom stereocenters. The molecule has 0 bridgehead atoms. The predicted octanol–water partition coefficient (Wildman–Crippen LogP) is 0.927. The lowest BCUT2D eigenvalue weighted by Gasteiger charge is -2.03. The van der Waals surface area contributed by atoms with Crippen LogP contribution < -0.4 is 4.72 Å². The van der Waals surface area contributed by atoms with Gasteiger partial charge in [-0.05, 0) is 24.1 Å². The van der Waals surface area contributed by atoms with Crippen LogP contribution in [0.15, 0.2) is 24.3 Å². The van der Waals surface area contributed by atoms with Gasteiger partial charge in [0, 0.05) is 18.6 Å². The maximum absolute atomic E-state index is 10.8. The van der Waals surface area contributed by atoms with Crippen molar-refractivity contribution in [1.82, 2.24) is 0 Å². The van der Waals surface area contributed by atoms with Crippen LogP contribution in [0.2, 0.25) is 0 Å². The summed E-state index contributed by atoms with van der Waals surface area (Å²) in [4.78, 5) is 0. The second-order valence-electron chi connectivity index (χ2n) is 2.73. The molecular formula is C9H13NO2S. The molecule has 0 saturated heterocycles. The Bertz CT molecular complexity index is 284. The first-order valence-corrected chi connectivity index (χ1v) is 5.58. The molecule has 3 nitrogen and oxygen atoms in total. The van der Waals surface area contributed by atoms with Gasteiger partial charge in [0.05, 0.1) is 0 Å².